The molecule has 3 N–H and O–H groups in total. The van der Waals surface area contributed by atoms with E-state index in [-0.39, 0.29) is 17.2 Å². The maximum absolute atomic E-state index is 12.4. The van der Waals surface area contributed by atoms with Gasteiger partial charge < -0.3 is 25.6 Å². The lowest BCUT2D eigenvalue weighted by Gasteiger charge is -2.28. The molecule has 2 heterocycles. The number of fused-ring (bicyclic) bond motifs is 1. The predicted molar refractivity (Wildman–Crippen MR) is 146 cm³/mol. The minimum absolute atomic E-state index is 0.00331. The minimum Gasteiger partial charge on any atom is -0.383 e. The molecular formula is C27H31ClN6O3. The van der Waals surface area contributed by atoms with Crippen LogP contribution in [0.15, 0.2) is 48.7 Å². The van der Waals surface area contributed by atoms with Crippen LogP contribution in [0.2, 0.25) is 5.02 Å². The highest BCUT2D eigenvalue weighted by molar-refractivity contribution is 6.33. The quantitative estimate of drug-likeness (QED) is 0.381. The summed E-state index contributed by atoms with van der Waals surface area (Å²) in [6.07, 6.45) is 2.76. The molecule has 2 amide bonds. The maximum atomic E-state index is 12.4. The number of aromatic nitrogens is 2. The number of nitrogens with zero attached hydrogens (tertiary/aromatic N) is 3. The summed E-state index contributed by atoms with van der Waals surface area (Å²) in [5.74, 6) is 0.511. The third kappa shape index (κ3) is 5.84. The van der Waals surface area contributed by atoms with E-state index in [2.05, 4.69) is 34.8 Å². The summed E-state index contributed by atoms with van der Waals surface area (Å²) in [6, 6.07) is 13.1. The fraction of sp³-hybridized carbons (Fsp3) is 0.333. The van der Waals surface area contributed by atoms with E-state index in [1.807, 2.05) is 29.2 Å². The summed E-state index contributed by atoms with van der Waals surface area (Å²) in [5, 5.41) is 9.16. The average Bonchev–Trinajstić information content (AvgIpc) is 3.00. The van der Waals surface area contributed by atoms with Gasteiger partial charge in [-0.05, 0) is 41.7 Å². The van der Waals surface area contributed by atoms with Gasteiger partial charge in [0.2, 0.25) is 11.9 Å². The summed E-state index contributed by atoms with van der Waals surface area (Å²) < 4.78 is 5.35. The number of ether oxygens (including phenoxy) is 1. The van der Waals surface area contributed by atoms with Gasteiger partial charge in [-0.1, -0.05) is 43.6 Å². The van der Waals surface area contributed by atoms with Gasteiger partial charge in [0.25, 0.3) is 5.91 Å². The Labute approximate surface area is 221 Å². The zero-order valence-electron chi connectivity index (χ0n) is 21.4. The van der Waals surface area contributed by atoms with Gasteiger partial charge in [0.05, 0.1) is 24.1 Å². The van der Waals surface area contributed by atoms with E-state index in [9.17, 15) is 9.59 Å². The molecule has 1 aromatic heterocycles. The van der Waals surface area contributed by atoms with E-state index in [0.29, 0.717) is 47.6 Å². The number of anilines is 5. The summed E-state index contributed by atoms with van der Waals surface area (Å²) in [4.78, 5) is 35.8. The largest absolute Gasteiger partial charge is 0.383 e. The van der Waals surface area contributed by atoms with Gasteiger partial charge in [0.15, 0.2) is 5.82 Å². The summed E-state index contributed by atoms with van der Waals surface area (Å²) in [5.41, 5.74) is 3.54. The summed E-state index contributed by atoms with van der Waals surface area (Å²) in [6.45, 7) is 5.17. The van der Waals surface area contributed by atoms with Crippen LogP contribution >= 0.6 is 11.6 Å². The zero-order valence-corrected chi connectivity index (χ0v) is 22.1. The smallest absolute Gasteiger partial charge is 0.253 e. The SMILES string of the molecule is CNC(=O)c1ccccc1Nc1nc(N(CCOC)c2ccc3c(c2)NC(=O)CCC3(C)C)ncc1Cl. The molecule has 0 bridgehead atoms. The number of nitrogens with one attached hydrogen (secondary N) is 3. The number of para-hydroxylation sites is 1. The minimum atomic E-state index is -0.231. The maximum Gasteiger partial charge on any atom is 0.253 e. The monoisotopic (exact) mass is 522 g/mol. The Bertz CT molecular complexity index is 1310. The second-order valence-corrected chi connectivity index (χ2v) is 9.83. The van der Waals surface area contributed by atoms with Crippen molar-refractivity contribution in [1.29, 1.82) is 0 Å². The van der Waals surface area contributed by atoms with Crippen LogP contribution < -0.4 is 20.9 Å². The van der Waals surface area contributed by atoms with Crippen molar-refractivity contribution in [3.8, 4) is 0 Å². The van der Waals surface area contributed by atoms with Crippen molar-refractivity contribution in [1.82, 2.24) is 15.3 Å². The highest BCUT2D eigenvalue weighted by Gasteiger charge is 2.29. The van der Waals surface area contributed by atoms with Crippen LogP contribution in [0.3, 0.4) is 0 Å². The third-order valence-electron chi connectivity index (χ3n) is 6.44. The molecule has 0 atom stereocenters. The van der Waals surface area contributed by atoms with Crippen LogP contribution in [0.4, 0.5) is 28.8 Å². The Kier molecular flexibility index (Phi) is 7.94. The summed E-state index contributed by atoms with van der Waals surface area (Å²) in [7, 11) is 3.20. The number of amides is 2. The van der Waals surface area contributed by atoms with Crippen molar-refractivity contribution in [2.24, 2.45) is 0 Å². The van der Waals surface area contributed by atoms with Crippen LogP contribution in [-0.2, 0) is 14.9 Å². The molecule has 0 saturated carbocycles. The molecule has 10 heteroatoms. The molecular weight excluding hydrogens is 492 g/mol. The van der Waals surface area contributed by atoms with Crippen LogP contribution in [0, 0.1) is 0 Å². The van der Waals surface area contributed by atoms with Crippen molar-refractivity contribution in [3.05, 3.63) is 64.8 Å². The lowest BCUT2D eigenvalue weighted by atomic mass is 9.80. The fourth-order valence-electron chi connectivity index (χ4n) is 4.32. The average molecular weight is 523 g/mol. The first-order chi connectivity index (χ1) is 17.7. The van der Waals surface area contributed by atoms with Gasteiger partial charge in [0.1, 0.15) is 5.02 Å². The van der Waals surface area contributed by atoms with Crippen molar-refractivity contribution in [3.63, 3.8) is 0 Å². The van der Waals surface area contributed by atoms with E-state index in [4.69, 9.17) is 21.3 Å². The number of rotatable bonds is 8. The van der Waals surface area contributed by atoms with Gasteiger partial charge >= 0.3 is 0 Å². The van der Waals surface area contributed by atoms with Crippen LogP contribution in [0.1, 0.15) is 42.6 Å². The molecule has 9 nitrogen and oxygen atoms in total. The number of carbonyl (C=O) groups is 2. The van der Waals surface area contributed by atoms with Crippen molar-refractivity contribution >= 4 is 52.2 Å². The molecule has 2 aromatic carbocycles. The summed E-state index contributed by atoms with van der Waals surface area (Å²) >= 11 is 6.45. The first-order valence-corrected chi connectivity index (χ1v) is 12.4. The first-order valence-electron chi connectivity index (χ1n) is 12.0. The molecule has 4 rings (SSSR count). The molecule has 0 unspecified atom stereocenters. The normalized spacial score (nSPS) is 14.2. The van der Waals surface area contributed by atoms with Gasteiger partial charge in [-0.25, -0.2) is 4.98 Å². The molecule has 1 aliphatic rings. The molecule has 0 radical (unpaired) electrons. The number of hydrogen-bond acceptors (Lipinski definition) is 7. The van der Waals surface area contributed by atoms with E-state index < -0.39 is 0 Å². The van der Waals surface area contributed by atoms with Crippen LogP contribution in [0.25, 0.3) is 0 Å². The standard InChI is InChI=1S/C27H31ClN6O3/c1-27(2)12-11-23(35)31-22-15-17(9-10-19(22)27)34(13-14-37-4)26-30-16-20(28)24(33-26)32-21-8-6-5-7-18(21)25(36)29-3/h5-10,15-16H,11-14H2,1-4H3,(H,29,36)(H,31,35)(H,30,32,33). The Hall–Kier alpha value is -3.69. The first kappa shape index (κ1) is 26.4. The van der Waals surface area contributed by atoms with E-state index in [1.54, 1.807) is 32.4 Å². The lowest BCUT2D eigenvalue weighted by molar-refractivity contribution is -0.116. The molecule has 0 saturated heterocycles. The molecule has 37 heavy (non-hydrogen) atoms. The highest BCUT2D eigenvalue weighted by Crippen LogP contribution is 2.39. The highest BCUT2D eigenvalue weighted by atomic mass is 35.5. The number of carbonyl (C=O) groups excluding carboxylic acids is 2. The Morgan fingerprint density at radius 2 is 2.03 bits per heavy atom. The van der Waals surface area contributed by atoms with E-state index >= 15 is 0 Å². The Morgan fingerprint density at radius 3 is 2.78 bits per heavy atom. The Morgan fingerprint density at radius 1 is 1.24 bits per heavy atom. The van der Waals surface area contributed by atoms with E-state index in [1.165, 1.54) is 6.20 Å². The molecule has 0 aliphatic carbocycles. The second kappa shape index (κ2) is 11.1. The van der Waals surface area contributed by atoms with Crippen molar-refractivity contribution < 1.29 is 14.3 Å². The zero-order chi connectivity index (χ0) is 26.6. The lowest BCUT2D eigenvalue weighted by Crippen LogP contribution is -2.25. The van der Waals surface area contributed by atoms with Crippen molar-refractivity contribution in [2.45, 2.75) is 32.1 Å². The molecule has 3 aromatic rings. The van der Waals surface area contributed by atoms with Crippen LogP contribution in [-0.4, -0.2) is 49.1 Å². The molecule has 1 aliphatic heterocycles. The van der Waals surface area contributed by atoms with Gasteiger partial charge in [-0.15, -0.1) is 0 Å². The Balaban J connectivity index is 1.73. The number of methoxy groups -OCH3 is 1. The van der Waals surface area contributed by atoms with Gasteiger partial charge in [0, 0.05) is 38.5 Å². The van der Waals surface area contributed by atoms with Crippen LogP contribution in [0.5, 0.6) is 0 Å². The molecule has 0 spiro atoms. The van der Waals surface area contributed by atoms with Gasteiger partial charge in [-0.2, -0.15) is 4.98 Å². The molecule has 194 valence electrons. The van der Waals surface area contributed by atoms with Crippen molar-refractivity contribution in [2.75, 3.05) is 42.8 Å². The number of halogens is 1. The van der Waals surface area contributed by atoms with Gasteiger partial charge in [-0.3, -0.25) is 9.59 Å². The topological polar surface area (TPSA) is 108 Å². The molecule has 0 fully saturated rings. The number of benzene rings is 2. The number of hydrogen-bond donors (Lipinski definition) is 3. The van der Waals surface area contributed by atoms with E-state index in [0.717, 1.165) is 23.4 Å². The predicted octanol–water partition coefficient (Wildman–Crippen LogP) is 5.03. The third-order valence-corrected chi connectivity index (χ3v) is 6.72. The second-order valence-electron chi connectivity index (χ2n) is 9.42. The fourth-order valence-corrected chi connectivity index (χ4v) is 4.46.